The van der Waals surface area contributed by atoms with E-state index in [1.807, 2.05) is 30.3 Å². The van der Waals surface area contributed by atoms with E-state index in [2.05, 4.69) is 15.5 Å². The fourth-order valence-electron chi connectivity index (χ4n) is 2.91. The molecule has 0 aliphatic carbocycles. The molecule has 154 valence electrons. The SMILES string of the molecule is CC(C)(N)C(=O)NC(CCc1ccccc1)c1nnc2ccc(S(C)(=O)=O)cn12. The third-order valence-corrected chi connectivity index (χ3v) is 5.69. The first-order chi connectivity index (χ1) is 13.6. The van der Waals surface area contributed by atoms with E-state index in [0.29, 0.717) is 24.3 Å². The Bertz CT molecular complexity index is 1120. The van der Waals surface area contributed by atoms with E-state index in [9.17, 15) is 13.2 Å². The van der Waals surface area contributed by atoms with Crippen molar-refractivity contribution in [1.29, 1.82) is 0 Å². The summed E-state index contributed by atoms with van der Waals surface area (Å²) in [6, 6.07) is 12.5. The van der Waals surface area contributed by atoms with Crippen molar-refractivity contribution in [3.05, 3.63) is 60.0 Å². The summed E-state index contributed by atoms with van der Waals surface area (Å²) in [5, 5.41) is 11.3. The van der Waals surface area contributed by atoms with Crippen molar-refractivity contribution < 1.29 is 13.2 Å². The fraction of sp³-hybridized carbons (Fsp3) is 0.350. The van der Waals surface area contributed by atoms with Crippen molar-refractivity contribution in [2.45, 2.75) is 43.2 Å². The van der Waals surface area contributed by atoms with Gasteiger partial charge in [0.2, 0.25) is 5.91 Å². The molecule has 2 aromatic heterocycles. The Morgan fingerprint density at radius 2 is 1.86 bits per heavy atom. The van der Waals surface area contributed by atoms with Crippen LogP contribution in [0.1, 0.15) is 37.7 Å². The van der Waals surface area contributed by atoms with Gasteiger partial charge in [-0.1, -0.05) is 30.3 Å². The molecule has 1 aromatic carbocycles. The minimum Gasteiger partial charge on any atom is -0.344 e. The molecule has 0 radical (unpaired) electrons. The van der Waals surface area contributed by atoms with Gasteiger partial charge in [0.25, 0.3) is 0 Å². The summed E-state index contributed by atoms with van der Waals surface area (Å²) in [5.74, 6) is 0.130. The van der Waals surface area contributed by atoms with Crippen LogP contribution >= 0.6 is 0 Å². The van der Waals surface area contributed by atoms with Crippen molar-refractivity contribution >= 4 is 21.4 Å². The van der Waals surface area contributed by atoms with Crippen LogP contribution in [0.4, 0.5) is 0 Å². The molecule has 1 unspecified atom stereocenters. The zero-order chi connectivity index (χ0) is 21.2. The molecule has 0 saturated heterocycles. The maximum atomic E-state index is 12.6. The van der Waals surface area contributed by atoms with Crippen molar-refractivity contribution in [3.63, 3.8) is 0 Å². The van der Waals surface area contributed by atoms with E-state index in [4.69, 9.17) is 5.73 Å². The summed E-state index contributed by atoms with van der Waals surface area (Å²) in [6.45, 7) is 3.25. The third-order valence-electron chi connectivity index (χ3n) is 4.60. The fourth-order valence-corrected chi connectivity index (χ4v) is 3.52. The van der Waals surface area contributed by atoms with Crippen molar-refractivity contribution in [2.75, 3.05) is 6.26 Å². The highest BCUT2D eigenvalue weighted by atomic mass is 32.2. The molecule has 1 amide bonds. The van der Waals surface area contributed by atoms with Gasteiger partial charge in [0.15, 0.2) is 21.3 Å². The molecule has 0 saturated carbocycles. The largest absolute Gasteiger partial charge is 0.344 e. The molecule has 29 heavy (non-hydrogen) atoms. The van der Waals surface area contributed by atoms with Crippen LogP contribution in [0.5, 0.6) is 0 Å². The third kappa shape index (κ3) is 4.99. The van der Waals surface area contributed by atoms with Gasteiger partial charge in [-0.05, 0) is 44.4 Å². The summed E-state index contributed by atoms with van der Waals surface area (Å²) < 4.78 is 25.5. The zero-order valence-corrected chi connectivity index (χ0v) is 17.5. The first-order valence-corrected chi connectivity index (χ1v) is 11.1. The molecule has 0 spiro atoms. The average molecular weight is 416 g/mol. The smallest absolute Gasteiger partial charge is 0.240 e. The molecule has 3 N–H and O–H groups in total. The lowest BCUT2D eigenvalue weighted by Crippen LogP contribution is -2.50. The first kappa shape index (κ1) is 20.9. The molecule has 3 rings (SSSR count). The van der Waals surface area contributed by atoms with Crippen LogP contribution in [0.25, 0.3) is 5.65 Å². The number of benzene rings is 1. The van der Waals surface area contributed by atoms with E-state index in [1.54, 1.807) is 24.3 Å². The lowest BCUT2D eigenvalue weighted by Gasteiger charge is -2.23. The normalized spacial score (nSPS) is 13.4. The zero-order valence-electron chi connectivity index (χ0n) is 16.7. The van der Waals surface area contributed by atoms with E-state index >= 15 is 0 Å². The quantitative estimate of drug-likeness (QED) is 0.606. The molecular weight excluding hydrogens is 390 g/mol. The highest BCUT2D eigenvalue weighted by molar-refractivity contribution is 7.90. The Balaban J connectivity index is 1.99. The standard InChI is InChI=1S/C20H25N5O3S/c1-20(2,21)19(26)22-16(11-9-14-7-5-4-6-8-14)18-24-23-17-12-10-15(13-25(17)18)29(3,27)28/h4-8,10,12-13,16H,9,11,21H2,1-3H3,(H,22,26). The van der Waals surface area contributed by atoms with E-state index in [-0.39, 0.29) is 10.8 Å². The van der Waals surface area contributed by atoms with E-state index < -0.39 is 21.4 Å². The predicted octanol–water partition coefficient (Wildman–Crippen LogP) is 1.66. The molecule has 2 heterocycles. The number of fused-ring (bicyclic) bond motifs is 1. The van der Waals surface area contributed by atoms with Crippen LogP contribution in [0, 0.1) is 0 Å². The minimum absolute atomic E-state index is 0.151. The number of nitrogens with one attached hydrogen (secondary N) is 1. The van der Waals surface area contributed by atoms with Gasteiger partial charge in [-0.25, -0.2) is 8.42 Å². The lowest BCUT2D eigenvalue weighted by molar-refractivity contribution is -0.126. The average Bonchev–Trinajstić information content (AvgIpc) is 3.07. The number of aryl methyl sites for hydroxylation is 1. The Morgan fingerprint density at radius 3 is 2.48 bits per heavy atom. The summed E-state index contributed by atoms with van der Waals surface area (Å²) >= 11 is 0. The molecule has 0 aliphatic rings. The first-order valence-electron chi connectivity index (χ1n) is 9.24. The maximum absolute atomic E-state index is 12.6. The number of nitrogens with two attached hydrogens (primary N) is 1. The summed E-state index contributed by atoms with van der Waals surface area (Å²) in [5.41, 5.74) is 6.50. The Labute approximate surface area is 170 Å². The number of carbonyl (C=O) groups excluding carboxylic acids is 1. The monoisotopic (exact) mass is 415 g/mol. The van der Waals surface area contributed by atoms with Gasteiger partial charge in [-0.15, -0.1) is 10.2 Å². The molecule has 0 fully saturated rings. The van der Waals surface area contributed by atoms with Crippen LogP contribution < -0.4 is 11.1 Å². The molecule has 1 atom stereocenters. The van der Waals surface area contributed by atoms with Crippen molar-refractivity contribution in [3.8, 4) is 0 Å². The van der Waals surface area contributed by atoms with Crippen LogP contribution in [-0.2, 0) is 21.1 Å². The number of hydrogen-bond acceptors (Lipinski definition) is 6. The Kier molecular flexibility index (Phi) is 5.72. The Hall–Kier alpha value is -2.78. The predicted molar refractivity (Wildman–Crippen MR) is 110 cm³/mol. The van der Waals surface area contributed by atoms with Crippen LogP contribution in [0.15, 0.2) is 53.6 Å². The number of rotatable bonds is 7. The molecule has 8 nitrogen and oxygen atoms in total. The molecule has 3 aromatic rings. The second kappa shape index (κ2) is 7.92. The van der Waals surface area contributed by atoms with E-state index in [1.165, 1.54) is 12.3 Å². The minimum atomic E-state index is -3.40. The van der Waals surface area contributed by atoms with Gasteiger partial charge in [-0.3, -0.25) is 9.20 Å². The van der Waals surface area contributed by atoms with E-state index in [0.717, 1.165) is 11.8 Å². The second-order valence-electron chi connectivity index (χ2n) is 7.70. The van der Waals surface area contributed by atoms with Gasteiger partial charge in [0.05, 0.1) is 16.5 Å². The highest BCUT2D eigenvalue weighted by Crippen LogP contribution is 2.21. The van der Waals surface area contributed by atoms with Gasteiger partial charge in [-0.2, -0.15) is 0 Å². The maximum Gasteiger partial charge on any atom is 0.240 e. The second-order valence-corrected chi connectivity index (χ2v) is 9.71. The van der Waals surface area contributed by atoms with Gasteiger partial charge in [0, 0.05) is 12.5 Å². The molecule has 0 bridgehead atoms. The number of aromatic nitrogens is 3. The number of nitrogens with zero attached hydrogens (tertiary/aromatic N) is 3. The van der Waals surface area contributed by atoms with Crippen LogP contribution in [-0.4, -0.2) is 40.7 Å². The van der Waals surface area contributed by atoms with Gasteiger partial charge < -0.3 is 11.1 Å². The molecular formula is C20H25N5O3S. The van der Waals surface area contributed by atoms with Crippen molar-refractivity contribution in [2.24, 2.45) is 5.73 Å². The number of sulfone groups is 1. The number of pyridine rings is 1. The van der Waals surface area contributed by atoms with Gasteiger partial charge in [0.1, 0.15) is 0 Å². The topological polar surface area (TPSA) is 119 Å². The van der Waals surface area contributed by atoms with Crippen molar-refractivity contribution in [1.82, 2.24) is 19.9 Å². The highest BCUT2D eigenvalue weighted by Gasteiger charge is 2.28. The number of amides is 1. The Morgan fingerprint density at radius 1 is 1.17 bits per heavy atom. The lowest BCUT2D eigenvalue weighted by atomic mass is 10.0. The summed E-state index contributed by atoms with van der Waals surface area (Å²) in [4.78, 5) is 12.7. The van der Waals surface area contributed by atoms with Crippen LogP contribution in [0.2, 0.25) is 0 Å². The summed E-state index contributed by atoms with van der Waals surface area (Å²) in [6.07, 6.45) is 3.87. The van der Waals surface area contributed by atoms with Gasteiger partial charge >= 0.3 is 0 Å². The number of carbonyl (C=O) groups is 1. The molecule has 9 heteroatoms. The number of hydrogen-bond donors (Lipinski definition) is 2. The molecule has 0 aliphatic heterocycles. The summed E-state index contributed by atoms with van der Waals surface area (Å²) in [7, 11) is -3.40. The van der Waals surface area contributed by atoms with Crippen LogP contribution in [0.3, 0.4) is 0 Å².